The number of aryl methyl sites for hydroxylation is 1. The highest BCUT2D eigenvalue weighted by Gasteiger charge is 2.32. The summed E-state index contributed by atoms with van der Waals surface area (Å²) in [4.78, 5) is 25.6. The number of carbonyl (C=O) groups excluding carboxylic acids is 1. The van der Waals surface area contributed by atoms with Gasteiger partial charge in [0.1, 0.15) is 18.6 Å². The Labute approximate surface area is 228 Å². The van der Waals surface area contributed by atoms with Crippen molar-refractivity contribution in [2.45, 2.75) is 64.2 Å². The third kappa shape index (κ3) is 6.28. The standard InChI is InChI=1S/C29H35N9O/c1-3-20-16-31-12-10-22(20)17-34-29(39)21-6-4-8-24(14-21)33-18-27-36-37-28(26-11-13-32-19-35-26)38(27)25-9-5-7-23(15-25)30-2/h4,6,8,10-14,16,19,23,25,30,33H,3,5,7,9,15,17-18H2,1-2H3,(H,34,39)/p+1/t23-,25-/m0/s1. The van der Waals surface area contributed by atoms with Crippen LogP contribution in [-0.2, 0) is 19.5 Å². The first kappa shape index (κ1) is 26.4. The number of nitrogens with zero attached hydrogens (tertiary/aromatic N) is 5. The van der Waals surface area contributed by atoms with Crippen LogP contribution in [0.4, 0.5) is 5.69 Å². The maximum Gasteiger partial charge on any atom is 0.327 e. The molecule has 3 aromatic heterocycles. The van der Waals surface area contributed by atoms with E-state index in [9.17, 15) is 4.79 Å². The SMILES string of the molecule is CCc1cnccc1CNC(=O)c1cccc(NCc2[nH]nc(-c3ccncn3)[n+]2[C@H]2CCC[C@H](NC)C2)c1. The highest BCUT2D eigenvalue weighted by Crippen LogP contribution is 2.27. The third-order valence-electron chi connectivity index (χ3n) is 7.45. The van der Waals surface area contributed by atoms with E-state index in [0.717, 1.165) is 59.8 Å². The molecule has 4 N–H and O–H groups in total. The van der Waals surface area contributed by atoms with E-state index in [0.29, 0.717) is 30.7 Å². The molecule has 10 heteroatoms. The lowest BCUT2D eigenvalue weighted by atomic mass is 9.90. The summed E-state index contributed by atoms with van der Waals surface area (Å²) in [6.07, 6.45) is 12.2. The third-order valence-corrected chi connectivity index (χ3v) is 7.45. The molecule has 1 amide bonds. The predicted molar refractivity (Wildman–Crippen MR) is 149 cm³/mol. The smallest absolute Gasteiger partial charge is 0.327 e. The summed E-state index contributed by atoms with van der Waals surface area (Å²) < 4.78 is 2.29. The number of amides is 1. The summed E-state index contributed by atoms with van der Waals surface area (Å²) in [5.41, 5.74) is 4.49. The number of carbonyl (C=O) groups is 1. The Balaban J connectivity index is 1.31. The molecule has 1 aliphatic rings. The van der Waals surface area contributed by atoms with E-state index in [2.05, 4.69) is 52.6 Å². The molecule has 0 bridgehead atoms. The summed E-state index contributed by atoms with van der Waals surface area (Å²) in [5, 5.41) is 17.9. The largest absolute Gasteiger partial charge is 0.375 e. The van der Waals surface area contributed by atoms with Crippen molar-refractivity contribution in [2.75, 3.05) is 12.4 Å². The zero-order valence-corrected chi connectivity index (χ0v) is 22.5. The summed E-state index contributed by atoms with van der Waals surface area (Å²) in [5.74, 6) is 1.66. The summed E-state index contributed by atoms with van der Waals surface area (Å²) in [6, 6.07) is 12.2. The Hall–Kier alpha value is -4.18. The molecule has 1 saturated carbocycles. The van der Waals surface area contributed by atoms with Crippen LogP contribution in [-0.4, -0.2) is 44.1 Å². The van der Waals surface area contributed by atoms with Crippen molar-refractivity contribution < 1.29 is 9.36 Å². The van der Waals surface area contributed by atoms with E-state index in [4.69, 9.17) is 0 Å². The van der Waals surface area contributed by atoms with Gasteiger partial charge >= 0.3 is 5.82 Å². The number of hydrogen-bond donors (Lipinski definition) is 4. The minimum atomic E-state index is -0.111. The van der Waals surface area contributed by atoms with Gasteiger partial charge in [-0.1, -0.05) is 13.0 Å². The molecule has 0 aliphatic heterocycles. The molecule has 0 radical (unpaired) electrons. The van der Waals surface area contributed by atoms with Gasteiger partial charge in [-0.25, -0.2) is 14.5 Å². The predicted octanol–water partition coefficient (Wildman–Crippen LogP) is 3.36. The van der Waals surface area contributed by atoms with E-state index in [1.165, 1.54) is 6.42 Å². The van der Waals surface area contributed by atoms with Crippen molar-refractivity contribution in [1.29, 1.82) is 0 Å². The normalized spacial score (nSPS) is 17.1. The fraction of sp³-hybridized carbons (Fsp3) is 0.379. The van der Waals surface area contributed by atoms with Crippen molar-refractivity contribution in [1.82, 2.24) is 35.8 Å². The van der Waals surface area contributed by atoms with Crippen molar-refractivity contribution in [3.8, 4) is 11.5 Å². The average Bonchev–Trinajstić information content (AvgIpc) is 3.43. The number of H-pyrrole nitrogens is 1. The fourth-order valence-electron chi connectivity index (χ4n) is 5.32. The second-order valence-electron chi connectivity index (χ2n) is 9.88. The molecule has 1 aromatic carbocycles. The zero-order chi connectivity index (χ0) is 27.0. The van der Waals surface area contributed by atoms with Crippen LogP contribution in [0, 0.1) is 0 Å². The van der Waals surface area contributed by atoms with E-state index >= 15 is 0 Å². The second-order valence-corrected chi connectivity index (χ2v) is 9.88. The number of benzene rings is 1. The highest BCUT2D eigenvalue weighted by atomic mass is 16.1. The number of hydrogen-bond acceptors (Lipinski definition) is 7. The van der Waals surface area contributed by atoms with Gasteiger partial charge in [-0.3, -0.25) is 9.78 Å². The molecule has 2 atom stereocenters. The molecular formula is C29H36N9O+. The number of pyridine rings is 1. The Morgan fingerprint density at radius 2 is 2.00 bits per heavy atom. The van der Waals surface area contributed by atoms with E-state index in [-0.39, 0.29) is 5.91 Å². The van der Waals surface area contributed by atoms with Crippen LogP contribution in [0.2, 0.25) is 0 Å². The minimum Gasteiger partial charge on any atom is -0.375 e. The molecule has 10 nitrogen and oxygen atoms in total. The Morgan fingerprint density at radius 1 is 1.10 bits per heavy atom. The topological polar surface area (TPSA) is 124 Å². The molecule has 4 aromatic rings. The van der Waals surface area contributed by atoms with E-state index in [1.54, 1.807) is 18.7 Å². The molecule has 1 fully saturated rings. The monoisotopic (exact) mass is 526 g/mol. The highest BCUT2D eigenvalue weighted by molar-refractivity contribution is 5.95. The van der Waals surface area contributed by atoms with Crippen molar-refractivity contribution in [3.63, 3.8) is 0 Å². The van der Waals surface area contributed by atoms with Crippen LogP contribution >= 0.6 is 0 Å². The average molecular weight is 527 g/mol. The summed E-state index contributed by atoms with van der Waals surface area (Å²) in [7, 11) is 2.03. The van der Waals surface area contributed by atoms with Crippen LogP contribution in [0.15, 0.2) is 61.3 Å². The maximum atomic E-state index is 12.9. The van der Waals surface area contributed by atoms with E-state index < -0.39 is 0 Å². The Kier molecular flexibility index (Phi) is 8.52. The molecule has 0 saturated heterocycles. The van der Waals surface area contributed by atoms with Gasteiger partial charge in [0.05, 0.1) is 6.04 Å². The molecule has 0 spiro atoms. The molecule has 1 aliphatic carbocycles. The molecule has 0 unspecified atom stereocenters. The Morgan fingerprint density at radius 3 is 2.82 bits per heavy atom. The quantitative estimate of drug-likeness (QED) is 0.234. The zero-order valence-electron chi connectivity index (χ0n) is 22.5. The van der Waals surface area contributed by atoms with Crippen molar-refractivity contribution in [2.24, 2.45) is 0 Å². The second kappa shape index (κ2) is 12.6. The van der Waals surface area contributed by atoms with Crippen LogP contribution in [0.3, 0.4) is 0 Å². The maximum absolute atomic E-state index is 12.9. The van der Waals surface area contributed by atoms with Gasteiger partial charge in [-0.05, 0) is 80.6 Å². The summed E-state index contributed by atoms with van der Waals surface area (Å²) >= 11 is 0. The number of anilines is 1. The molecule has 5 rings (SSSR count). The first-order valence-corrected chi connectivity index (χ1v) is 13.6. The van der Waals surface area contributed by atoms with E-state index in [1.807, 2.05) is 49.6 Å². The lowest BCUT2D eigenvalue weighted by Crippen LogP contribution is -2.49. The van der Waals surface area contributed by atoms with Crippen LogP contribution in [0.1, 0.15) is 66.0 Å². The fourth-order valence-corrected chi connectivity index (χ4v) is 5.32. The number of aromatic amines is 1. The van der Waals surface area contributed by atoms with Gasteiger partial charge in [0, 0.05) is 47.5 Å². The van der Waals surface area contributed by atoms with Crippen molar-refractivity contribution in [3.05, 3.63) is 83.8 Å². The minimum absolute atomic E-state index is 0.111. The van der Waals surface area contributed by atoms with Gasteiger partial charge in [0.15, 0.2) is 0 Å². The lowest BCUT2D eigenvalue weighted by Gasteiger charge is -2.28. The van der Waals surface area contributed by atoms with Gasteiger partial charge in [0.2, 0.25) is 0 Å². The molecular weight excluding hydrogens is 490 g/mol. The summed E-state index contributed by atoms with van der Waals surface area (Å²) in [6.45, 7) is 3.09. The first-order valence-electron chi connectivity index (χ1n) is 13.6. The number of aromatic nitrogens is 6. The van der Waals surface area contributed by atoms with Gasteiger partial charge in [0.25, 0.3) is 11.7 Å². The van der Waals surface area contributed by atoms with Crippen molar-refractivity contribution >= 4 is 11.6 Å². The Bertz CT molecular complexity index is 1390. The number of nitrogens with one attached hydrogen (secondary N) is 4. The first-order chi connectivity index (χ1) is 19.2. The molecule has 39 heavy (non-hydrogen) atoms. The van der Waals surface area contributed by atoms with Crippen LogP contribution in [0.25, 0.3) is 11.5 Å². The van der Waals surface area contributed by atoms with Gasteiger partial charge in [-0.2, -0.15) is 0 Å². The van der Waals surface area contributed by atoms with Gasteiger partial charge < -0.3 is 16.0 Å². The molecule has 3 heterocycles. The van der Waals surface area contributed by atoms with Crippen LogP contribution in [0.5, 0.6) is 0 Å². The molecule has 202 valence electrons. The number of rotatable bonds is 10. The lowest BCUT2D eigenvalue weighted by molar-refractivity contribution is -0.722. The van der Waals surface area contributed by atoms with Crippen LogP contribution < -0.4 is 20.5 Å². The van der Waals surface area contributed by atoms with Gasteiger partial charge in [-0.15, -0.1) is 5.10 Å².